The lowest BCUT2D eigenvalue weighted by molar-refractivity contribution is -0.112. The molecular formula is C17H21ClN4O3. The highest BCUT2D eigenvalue weighted by Gasteiger charge is 2.15. The van der Waals surface area contributed by atoms with Crippen LogP contribution in [0.25, 0.3) is 0 Å². The van der Waals surface area contributed by atoms with Crippen molar-refractivity contribution < 1.29 is 14.3 Å². The van der Waals surface area contributed by atoms with Crippen LogP contribution in [-0.2, 0) is 9.53 Å². The summed E-state index contributed by atoms with van der Waals surface area (Å²) in [5.41, 5.74) is -0.263. The van der Waals surface area contributed by atoms with E-state index < -0.39 is 17.6 Å². The van der Waals surface area contributed by atoms with Crippen molar-refractivity contribution in [2.45, 2.75) is 26.4 Å². The molecular weight excluding hydrogens is 344 g/mol. The van der Waals surface area contributed by atoms with Crippen LogP contribution in [0, 0.1) is 11.3 Å². The van der Waals surface area contributed by atoms with Crippen molar-refractivity contribution >= 4 is 29.3 Å². The molecule has 1 rings (SSSR count). The van der Waals surface area contributed by atoms with Gasteiger partial charge in [0.1, 0.15) is 17.2 Å². The number of halogens is 1. The molecule has 0 saturated heterocycles. The molecule has 0 aromatic heterocycles. The number of carbonyl (C=O) groups excluding carboxylic acids is 2. The molecule has 0 unspecified atom stereocenters. The summed E-state index contributed by atoms with van der Waals surface area (Å²) in [5.74, 6) is -0.580. The number of rotatable bonds is 6. The Morgan fingerprint density at radius 3 is 2.56 bits per heavy atom. The molecule has 0 spiro atoms. The first kappa shape index (κ1) is 20.3. The summed E-state index contributed by atoms with van der Waals surface area (Å²) in [6.07, 6.45) is 0.749. The first-order chi connectivity index (χ1) is 11.7. The standard InChI is InChI=1S/C17H21ClN4O3/c1-17(2,3)25-16(24)21-9-8-20-11-12(10-19)15(23)22-14-7-5-4-6-13(14)18/h4-7,11,20H,8-9H2,1-3H3,(H,21,24)(H,22,23)/b12-11-. The van der Waals surface area contributed by atoms with Crippen molar-refractivity contribution in [1.29, 1.82) is 5.26 Å². The molecule has 0 radical (unpaired) electrons. The number of alkyl carbamates (subject to hydrolysis) is 1. The zero-order chi connectivity index (χ0) is 18.9. The number of amides is 2. The summed E-state index contributed by atoms with van der Waals surface area (Å²) >= 11 is 5.95. The van der Waals surface area contributed by atoms with E-state index in [2.05, 4.69) is 16.0 Å². The SMILES string of the molecule is CC(C)(C)OC(=O)NCCN/C=C(/C#N)C(=O)Nc1ccccc1Cl. The van der Waals surface area contributed by atoms with Crippen molar-refractivity contribution in [2.75, 3.05) is 18.4 Å². The number of anilines is 1. The number of benzene rings is 1. The van der Waals surface area contributed by atoms with Gasteiger partial charge in [0.05, 0.1) is 10.7 Å². The number of hydrogen-bond donors (Lipinski definition) is 3. The van der Waals surface area contributed by atoms with Crippen LogP contribution in [0.1, 0.15) is 20.8 Å². The third-order valence-corrected chi connectivity index (χ3v) is 3.00. The molecule has 0 heterocycles. The predicted molar refractivity (Wildman–Crippen MR) is 96.0 cm³/mol. The smallest absolute Gasteiger partial charge is 0.407 e. The second-order valence-corrected chi connectivity index (χ2v) is 6.39. The van der Waals surface area contributed by atoms with E-state index in [1.165, 1.54) is 6.20 Å². The maximum Gasteiger partial charge on any atom is 0.407 e. The zero-order valence-electron chi connectivity index (χ0n) is 14.4. The second-order valence-electron chi connectivity index (χ2n) is 5.99. The van der Waals surface area contributed by atoms with E-state index in [-0.39, 0.29) is 12.1 Å². The molecule has 0 aliphatic carbocycles. The quantitative estimate of drug-likeness (QED) is 0.409. The van der Waals surface area contributed by atoms with Crippen molar-refractivity contribution in [2.24, 2.45) is 0 Å². The van der Waals surface area contributed by atoms with Gasteiger partial charge in [-0.15, -0.1) is 0 Å². The van der Waals surface area contributed by atoms with Gasteiger partial charge in [0.2, 0.25) is 0 Å². The van der Waals surface area contributed by atoms with E-state index in [9.17, 15) is 9.59 Å². The Balaban J connectivity index is 2.44. The van der Waals surface area contributed by atoms with Crippen LogP contribution in [0.2, 0.25) is 5.02 Å². The first-order valence-corrected chi connectivity index (χ1v) is 7.97. The molecule has 134 valence electrons. The van der Waals surface area contributed by atoms with Gasteiger partial charge in [0, 0.05) is 19.3 Å². The fourth-order valence-corrected chi connectivity index (χ4v) is 1.81. The molecule has 0 fully saturated rings. The van der Waals surface area contributed by atoms with Crippen LogP contribution < -0.4 is 16.0 Å². The van der Waals surface area contributed by atoms with Gasteiger partial charge < -0.3 is 20.7 Å². The minimum absolute atomic E-state index is 0.114. The van der Waals surface area contributed by atoms with Crippen LogP contribution in [0.3, 0.4) is 0 Å². The number of nitriles is 1. The highest BCUT2D eigenvalue weighted by molar-refractivity contribution is 6.33. The summed E-state index contributed by atoms with van der Waals surface area (Å²) < 4.78 is 5.08. The first-order valence-electron chi connectivity index (χ1n) is 7.59. The molecule has 25 heavy (non-hydrogen) atoms. The largest absolute Gasteiger partial charge is 0.444 e. The fourth-order valence-electron chi connectivity index (χ4n) is 1.63. The van der Waals surface area contributed by atoms with E-state index in [1.807, 2.05) is 0 Å². The van der Waals surface area contributed by atoms with E-state index in [4.69, 9.17) is 21.6 Å². The van der Waals surface area contributed by atoms with Crippen molar-refractivity contribution in [1.82, 2.24) is 10.6 Å². The maximum absolute atomic E-state index is 12.0. The third-order valence-electron chi connectivity index (χ3n) is 2.67. The number of nitrogens with zero attached hydrogens (tertiary/aromatic N) is 1. The van der Waals surface area contributed by atoms with Crippen LogP contribution >= 0.6 is 11.6 Å². The van der Waals surface area contributed by atoms with Crippen LogP contribution in [0.4, 0.5) is 10.5 Å². The van der Waals surface area contributed by atoms with Gasteiger partial charge in [-0.25, -0.2) is 4.79 Å². The van der Waals surface area contributed by atoms with Crippen LogP contribution in [0.5, 0.6) is 0 Å². The van der Waals surface area contributed by atoms with Gasteiger partial charge in [0.25, 0.3) is 5.91 Å². The second kappa shape index (κ2) is 9.55. The Labute approximate surface area is 152 Å². The van der Waals surface area contributed by atoms with Gasteiger partial charge in [-0.2, -0.15) is 5.26 Å². The molecule has 7 nitrogen and oxygen atoms in total. The molecule has 0 bridgehead atoms. The van der Waals surface area contributed by atoms with E-state index in [0.717, 1.165) is 0 Å². The van der Waals surface area contributed by atoms with Crippen LogP contribution in [0.15, 0.2) is 36.0 Å². The molecule has 0 aliphatic rings. The van der Waals surface area contributed by atoms with E-state index in [1.54, 1.807) is 51.1 Å². The van der Waals surface area contributed by atoms with E-state index >= 15 is 0 Å². The summed E-state index contributed by atoms with van der Waals surface area (Å²) in [6.45, 7) is 5.90. The Morgan fingerprint density at radius 2 is 1.96 bits per heavy atom. The number of carbonyl (C=O) groups is 2. The number of nitrogens with one attached hydrogen (secondary N) is 3. The monoisotopic (exact) mass is 364 g/mol. The van der Waals surface area contributed by atoms with Crippen molar-refractivity contribution in [3.8, 4) is 6.07 Å². The minimum Gasteiger partial charge on any atom is -0.444 e. The van der Waals surface area contributed by atoms with Gasteiger partial charge in [-0.05, 0) is 32.9 Å². The molecule has 0 saturated carbocycles. The Hall–Kier alpha value is -2.72. The summed E-state index contributed by atoms with van der Waals surface area (Å²) in [6, 6.07) is 8.52. The van der Waals surface area contributed by atoms with Gasteiger partial charge >= 0.3 is 6.09 Å². The number of para-hydroxylation sites is 1. The third kappa shape index (κ3) is 8.08. The van der Waals surface area contributed by atoms with Crippen LogP contribution in [-0.4, -0.2) is 30.7 Å². The lowest BCUT2D eigenvalue weighted by Crippen LogP contribution is -2.35. The normalized spacial score (nSPS) is 11.2. The summed E-state index contributed by atoms with van der Waals surface area (Å²) in [5, 5.41) is 17.3. The maximum atomic E-state index is 12.0. The molecule has 0 atom stereocenters. The Kier molecular flexibility index (Phi) is 7.76. The van der Waals surface area contributed by atoms with Crippen molar-refractivity contribution in [3.63, 3.8) is 0 Å². The fraction of sp³-hybridized carbons (Fsp3) is 0.353. The molecule has 8 heteroatoms. The molecule has 0 aliphatic heterocycles. The predicted octanol–water partition coefficient (Wildman–Crippen LogP) is 2.80. The topological polar surface area (TPSA) is 103 Å². The van der Waals surface area contributed by atoms with Gasteiger partial charge in [-0.1, -0.05) is 23.7 Å². The lowest BCUT2D eigenvalue weighted by atomic mass is 10.2. The summed E-state index contributed by atoms with van der Waals surface area (Å²) in [7, 11) is 0. The Morgan fingerprint density at radius 1 is 1.28 bits per heavy atom. The Bertz CT molecular complexity index is 690. The minimum atomic E-state index is -0.580. The molecule has 1 aromatic rings. The number of hydrogen-bond acceptors (Lipinski definition) is 5. The summed E-state index contributed by atoms with van der Waals surface area (Å²) in [4.78, 5) is 23.5. The highest BCUT2D eigenvalue weighted by atomic mass is 35.5. The number of ether oxygens (including phenoxy) is 1. The van der Waals surface area contributed by atoms with Gasteiger partial charge in [-0.3, -0.25) is 4.79 Å². The molecule has 1 aromatic carbocycles. The lowest BCUT2D eigenvalue weighted by Gasteiger charge is -2.19. The molecule has 3 N–H and O–H groups in total. The average Bonchev–Trinajstić information content (AvgIpc) is 2.51. The average molecular weight is 365 g/mol. The van der Waals surface area contributed by atoms with E-state index in [0.29, 0.717) is 17.3 Å². The highest BCUT2D eigenvalue weighted by Crippen LogP contribution is 2.20. The van der Waals surface area contributed by atoms with Gasteiger partial charge in [0.15, 0.2) is 0 Å². The van der Waals surface area contributed by atoms with Crippen molar-refractivity contribution in [3.05, 3.63) is 41.1 Å². The zero-order valence-corrected chi connectivity index (χ0v) is 15.1. The molecule has 2 amide bonds.